The van der Waals surface area contributed by atoms with Crippen molar-refractivity contribution in [3.8, 4) is 0 Å². The smallest absolute Gasteiger partial charge is 0.328 e. The minimum atomic E-state index is -1.62. The van der Waals surface area contributed by atoms with Gasteiger partial charge in [0.1, 0.15) is 18.1 Å². The molecule has 0 spiro atoms. The van der Waals surface area contributed by atoms with Crippen molar-refractivity contribution in [2.45, 2.75) is 49.9 Å². The quantitative estimate of drug-likeness (QED) is 0.0424. The topological polar surface area (TPSA) is 278 Å². The molecule has 0 fully saturated rings. The van der Waals surface area contributed by atoms with E-state index >= 15 is 0 Å². The molecule has 0 aromatic carbocycles. The number of hydrogen-bond donors (Lipinski definition) is 10. The first kappa shape index (κ1) is 29.9. The van der Waals surface area contributed by atoms with E-state index in [0.717, 1.165) is 0 Å². The lowest BCUT2D eigenvalue weighted by molar-refractivity contribution is -0.143. The van der Waals surface area contributed by atoms with Gasteiger partial charge in [0.05, 0.1) is 12.6 Å². The van der Waals surface area contributed by atoms with E-state index in [1.54, 1.807) is 0 Å². The summed E-state index contributed by atoms with van der Waals surface area (Å²) in [7, 11) is 0. The van der Waals surface area contributed by atoms with Crippen LogP contribution in [0.2, 0.25) is 0 Å². The van der Waals surface area contributed by atoms with Crippen molar-refractivity contribution >= 4 is 48.2 Å². The predicted octanol–water partition coefficient (Wildman–Crippen LogP) is -4.91. The van der Waals surface area contributed by atoms with E-state index in [1.165, 1.54) is 0 Å². The molecule has 0 aromatic rings. The third-order valence-corrected chi connectivity index (χ3v) is 4.59. The Morgan fingerprint density at radius 2 is 1.42 bits per heavy atom. The number of aliphatic imine (C=N–C) groups is 1. The number of aliphatic carboxylic acids is 1. The van der Waals surface area contributed by atoms with Gasteiger partial charge in [0.25, 0.3) is 0 Å². The van der Waals surface area contributed by atoms with Crippen LogP contribution in [0.4, 0.5) is 0 Å². The molecule has 33 heavy (non-hydrogen) atoms. The summed E-state index contributed by atoms with van der Waals surface area (Å²) in [6.45, 7) is -0.629. The number of carbonyl (C=O) groups excluding carboxylic acids is 4. The van der Waals surface area contributed by atoms with Crippen LogP contribution in [0, 0.1) is 0 Å². The monoisotopic (exact) mass is 492 g/mol. The van der Waals surface area contributed by atoms with Gasteiger partial charge in [0.15, 0.2) is 5.96 Å². The number of primary amides is 1. The molecule has 0 heterocycles. The maximum atomic E-state index is 12.6. The second-order valence-electron chi connectivity index (χ2n) is 6.95. The van der Waals surface area contributed by atoms with Crippen LogP contribution in [0.3, 0.4) is 0 Å². The summed E-state index contributed by atoms with van der Waals surface area (Å²) in [5, 5.41) is 24.8. The van der Waals surface area contributed by atoms with Crippen molar-refractivity contribution in [3.63, 3.8) is 0 Å². The number of carboxylic acid groups (broad SMARTS) is 1. The third-order valence-electron chi connectivity index (χ3n) is 4.23. The molecule has 188 valence electrons. The number of aliphatic hydroxyl groups is 1. The standard InChI is InChI=1S/C17H32N8O7S/c18-8(2-1-5-22-17(20)21)13(28)25-11(7-33)15(30)23-9(3-4-12(19)27)14(29)24-10(6-26)16(31)32/h8-11,26,33H,1-7,18H2,(H2,19,27)(H,23,30)(H,24,29)(H,25,28)(H,31,32)(H4,20,21,22). The number of aliphatic hydroxyl groups excluding tert-OH is 1. The van der Waals surface area contributed by atoms with Crippen LogP contribution in [0.5, 0.6) is 0 Å². The number of amides is 4. The van der Waals surface area contributed by atoms with Gasteiger partial charge in [0, 0.05) is 18.7 Å². The zero-order valence-electron chi connectivity index (χ0n) is 17.9. The Morgan fingerprint density at radius 3 is 1.91 bits per heavy atom. The number of guanidine groups is 1. The molecule has 0 aliphatic heterocycles. The Balaban J connectivity index is 5.10. The molecule has 13 N–H and O–H groups in total. The number of nitrogens with two attached hydrogens (primary N) is 4. The average molecular weight is 493 g/mol. The molecule has 15 nitrogen and oxygen atoms in total. The van der Waals surface area contributed by atoms with Gasteiger partial charge in [0.2, 0.25) is 23.6 Å². The van der Waals surface area contributed by atoms with E-state index in [4.69, 9.17) is 33.1 Å². The molecule has 16 heteroatoms. The number of nitrogens with zero attached hydrogens (tertiary/aromatic N) is 1. The lowest BCUT2D eigenvalue weighted by Crippen LogP contribution is -2.58. The van der Waals surface area contributed by atoms with Crippen molar-refractivity contribution in [1.29, 1.82) is 0 Å². The van der Waals surface area contributed by atoms with Gasteiger partial charge in [-0.15, -0.1) is 0 Å². The Labute approximate surface area is 195 Å². The fourth-order valence-electron chi connectivity index (χ4n) is 2.41. The highest BCUT2D eigenvalue weighted by Crippen LogP contribution is 2.02. The zero-order chi connectivity index (χ0) is 25.6. The molecule has 0 saturated carbocycles. The first-order valence-electron chi connectivity index (χ1n) is 9.87. The summed E-state index contributed by atoms with van der Waals surface area (Å²) in [5.41, 5.74) is 21.3. The van der Waals surface area contributed by atoms with E-state index in [2.05, 4.69) is 28.3 Å². The SMILES string of the molecule is NC(=O)CCC(NC(=O)C(CS)NC(=O)C(N)CCCN=C(N)N)C(=O)NC(CO)C(=O)O. The fourth-order valence-corrected chi connectivity index (χ4v) is 2.67. The predicted molar refractivity (Wildman–Crippen MR) is 121 cm³/mol. The fraction of sp³-hybridized carbons (Fsp3) is 0.647. The van der Waals surface area contributed by atoms with Crippen molar-refractivity contribution in [3.05, 3.63) is 0 Å². The highest BCUT2D eigenvalue weighted by Gasteiger charge is 2.29. The maximum Gasteiger partial charge on any atom is 0.328 e. The van der Waals surface area contributed by atoms with E-state index in [0.29, 0.717) is 6.42 Å². The Hall–Kier alpha value is -3.11. The summed E-state index contributed by atoms with van der Waals surface area (Å²) in [6, 6.07) is -5.15. The number of carbonyl (C=O) groups is 5. The molecule has 4 amide bonds. The summed E-state index contributed by atoms with van der Waals surface area (Å²) < 4.78 is 0. The van der Waals surface area contributed by atoms with Crippen LogP contribution in [0.25, 0.3) is 0 Å². The van der Waals surface area contributed by atoms with E-state index in [-0.39, 0.29) is 37.5 Å². The molecule has 0 saturated heterocycles. The van der Waals surface area contributed by atoms with Crippen LogP contribution in [-0.4, -0.2) is 88.8 Å². The highest BCUT2D eigenvalue weighted by molar-refractivity contribution is 7.80. The number of carboxylic acids is 1. The number of rotatable bonds is 16. The third kappa shape index (κ3) is 12.5. The first-order valence-corrected chi connectivity index (χ1v) is 10.5. The second-order valence-corrected chi connectivity index (χ2v) is 7.31. The zero-order valence-corrected chi connectivity index (χ0v) is 18.8. The summed E-state index contributed by atoms with van der Waals surface area (Å²) in [6.07, 6.45) is 0.0934. The normalized spacial score (nSPS) is 14.2. The molecular weight excluding hydrogens is 460 g/mol. The van der Waals surface area contributed by atoms with Crippen LogP contribution in [-0.2, 0) is 24.0 Å². The van der Waals surface area contributed by atoms with Crippen LogP contribution >= 0.6 is 12.6 Å². The van der Waals surface area contributed by atoms with E-state index in [9.17, 15) is 24.0 Å². The van der Waals surface area contributed by atoms with Crippen LogP contribution in [0.15, 0.2) is 4.99 Å². The minimum absolute atomic E-state index is 0.0941. The van der Waals surface area contributed by atoms with Crippen LogP contribution in [0.1, 0.15) is 25.7 Å². The largest absolute Gasteiger partial charge is 0.480 e. The highest BCUT2D eigenvalue weighted by atomic mass is 32.1. The molecule has 0 bridgehead atoms. The van der Waals surface area contributed by atoms with E-state index in [1.807, 2.05) is 5.32 Å². The van der Waals surface area contributed by atoms with Crippen molar-refractivity contribution in [2.24, 2.45) is 27.9 Å². The molecule has 0 radical (unpaired) electrons. The molecular formula is C17H32N8O7S. The molecule has 0 rings (SSSR count). The molecule has 0 aromatic heterocycles. The van der Waals surface area contributed by atoms with Crippen molar-refractivity contribution in [1.82, 2.24) is 16.0 Å². The summed E-state index contributed by atoms with van der Waals surface area (Å²) in [4.78, 5) is 63.1. The van der Waals surface area contributed by atoms with Gasteiger partial charge in [-0.3, -0.25) is 24.2 Å². The average Bonchev–Trinajstić information content (AvgIpc) is 2.74. The molecule has 0 aliphatic rings. The van der Waals surface area contributed by atoms with Crippen molar-refractivity contribution in [2.75, 3.05) is 18.9 Å². The van der Waals surface area contributed by atoms with Gasteiger partial charge in [-0.05, 0) is 19.3 Å². The van der Waals surface area contributed by atoms with Gasteiger partial charge in [-0.2, -0.15) is 12.6 Å². The number of nitrogens with one attached hydrogen (secondary N) is 3. The maximum absolute atomic E-state index is 12.6. The van der Waals surface area contributed by atoms with E-state index < -0.39 is 60.4 Å². The first-order chi connectivity index (χ1) is 15.4. The van der Waals surface area contributed by atoms with Gasteiger partial charge < -0.3 is 49.1 Å². The lowest BCUT2D eigenvalue weighted by atomic mass is 10.1. The van der Waals surface area contributed by atoms with Gasteiger partial charge in [-0.25, -0.2) is 4.79 Å². The van der Waals surface area contributed by atoms with Gasteiger partial charge in [-0.1, -0.05) is 0 Å². The number of thiol groups is 1. The van der Waals surface area contributed by atoms with Crippen LogP contribution < -0.4 is 38.9 Å². The number of hydrogen-bond acceptors (Lipinski definition) is 9. The molecule has 4 atom stereocenters. The Kier molecular flexibility index (Phi) is 14.2. The minimum Gasteiger partial charge on any atom is -0.480 e. The summed E-state index contributed by atoms with van der Waals surface area (Å²) in [5.74, 6) is -4.96. The lowest BCUT2D eigenvalue weighted by Gasteiger charge is -2.24. The second kappa shape index (κ2) is 15.7. The van der Waals surface area contributed by atoms with Gasteiger partial charge >= 0.3 is 5.97 Å². The molecule has 4 unspecified atom stereocenters. The Morgan fingerprint density at radius 1 is 0.879 bits per heavy atom. The Bertz CT molecular complexity index is 732. The van der Waals surface area contributed by atoms with Crippen molar-refractivity contribution < 1.29 is 34.2 Å². The molecule has 0 aliphatic carbocycles. The summed E-state index contributed by atoms with van der Waals surface area (Å²) >= 11 is 4.02.